The van der Waals surface area contributed by atoms with Crippen LogP contribution in [0.25, 0.3) is 0 Å². The quantitative estimate of drug-likeness (QED) is 0.583. The fraction of sp³-hybridized carbons (Fsp3) is 0.500. The molecule has 0 N–H and O–H groups in total. The molecule has 1 fully saturated rings. The zero-order chi connectivity index (χ0) is 12.0. The minimum absolute atomic E-state index is 0.470. The molecule has 1 aliphatic heterocycles. The summed E-state index contributed by atoms with van der Waals surface area (Å²) >= 11 is 0. The lowest BCUT2D eigenvalue weighted by molar-refractivity contribution is 0.319. The van der Waals surface area contributed by atoms with Gasteiger partial charge in [-0.25, -0.2) is 8.78 Å². The summed E-state index contributed by atoms with van der Waals surface area (Å²) in [7, 11) is -1.33. The van der Waals surface area contributed by atoms with Gasteiger partial charge in [-0.2, -0.15) is 0 Å². The summed E-state index contributed by atoms with van der Waals surface area (Å²) in [5, 5.41) is 0. The van der Waals surface area contributed by atoms with Gasteiger partial charge in [0.15, 0.2) is 0 Å². The van der Waals surface area contributed by atoms with E-state index in [2.05, 4.69) is 19.6 Å². The van der Waals surface area contributed by atoms with E-state index in [1.54, 1.807) is 0 Å². The van der Waals surface area contributed by atoms with Gasteiger partial charge in [0.05, 0.1) is 6.61 Å². The van der Waals surface area contributed by atoms with E-state index in [-0.39, 0.29) is 0 Å². The lowest BCUT2D eigenvalue weighted by atomic mass is 10.0. The Balaban J connectivity index is 2.30. The van der Waals surface area contributed by atoms with Crippen molar-refractivity contribution in [1.29, 1.82) is 0 Å². The number of hydrogen-bond acceptors (Lipinski definition) is 1. The SMILES string of the molecule is C[Si](C)(C)CC1(c2ccc(F)cc2F)CO1. The molecule has 0 radical (unpaired) electrons. The molecule has 88 valence electrons. The second-order valence-corrected chi connectivity index (χ2v) is 11.1. The van der Waals surface area contributed by atoms with Crippen molar-refractivity contribution in [2.75, 3.05) is 6.61 Å². The van der Waals surface area contributed by atoms with Crippen LogP contribution < -0.4 is 0 Å². The predicted octanol–water partition coefficient (Wildman–Crippen LogP) is 3.53. The molecule has 1 aliphatic rings. The Morgan fingerprint density at radius 2 is 1.94 bits per heavy atom. The van der Waals surface area contributed by atoms with E-state index in [0.29, 0.717) is 12.2 Å². The average Bonchev–Trinajstić information content (AvgIpc) is 2.81. The monoisotopic (exact) mass is 242 g/mol. The van der Waals surface area contributed by atoms with Crippen molar-refractivity contribution in [3.05, 3.63) is 35.4 Å². The lowest BCUT2D eigenvalue weighted by Gasteiger charge is -2.22. The highest BCUT2D eigenvalue weighted by Gasteiger charge is 2.50. The van der Waals surface area contributed by atoms with E-state index < -0.39 is 25.3 Å². The standard InChI is InChI=1S/C12H16F2OSi/c1-16(2,3)8-12(7-15-12)10-5-4-9(13)6-11(10)14/h4-6H,7-8H2,1-3H3. The van der Waals surface area contributed by atoms with Crippen molar-refractivity contribution in [2.45, 2.75) is 31.3 Å². The molecule has 2 rings (SSSR count). The lowest BCUT2D eigenvalue weighted by Crippen LogP contribution is -2.28. The van der Waals surface area contributed by atoms with Gasteiger partial charge < -0.3 is 4.74 Å². The topological polar surface area (TPSA) is 12.5 Å². The van der Waals surface area contributed by atoms with Crippen LogP contribution in [0.4, 0.5) is 8.78 Å². The Morgan fingerprint density at radius 3 is 2.38 bits per heavy atom. The third-order valence-electron chi connectivity index (χ3n) is 2.73. The first-order chi connectivity index (χ1) is 7.32. The maximum absolute atomic E-state index is 13.7. The molecule has 1 saturated heterocycles. The molecule has 1 atom stereocenters. The van der Waals surface area contributed by atoms with Gasteiger partial charge in [-0.1, -0.05) is 25.7 Å². The number of ether oxygens (including phenoxy) is 1. The minimum atomic E-state index is -1.33. The molecule has 1 aromatic carbocycles. The first-order valence-corrected chi connectivity index (χ1v) is 9.13. The molecule has 0 aliphatic carbocycles. The van der Waals surface area contributed by atoms with Crippen molar-refractivity contribution >= 4 is 8.07 Å². The second-order valence-electron chi connectivity index (χ2n) is 5.64. The fourth-order valence-electron chi connectivity index (χ4n) is 2.16. The third-order valence-corrected chi connectivity index (χ3v) is 4.36. The molecule has 16 heavy (non-hydrogen) atoms. The van der Waals surface area contributed by atoms with Gasteiger partial charge in [0.25, 0.3) is 0 Å². The smallest absolute Gasteiger partial charge is 0.132 e. The van der Waals surface area contributed by atoms with Crippen molar-refractivity contribution in [3.8, 4) is 0 Å². The van der Waals surface area contributed by atoms with Crippen molar-refractivity contribution in [3.63, 3.8) is 0 Å². The number of epoxide rings is 1. The summed E-state index contributed by atoms with van der Waals surface area (Å²) in [6.45, 7) is 7.22. The summed E-state index contributed by atoms with van der Waals surface area (Å²) in [5.41, 5.74) is 0.0405. The van der Waals surface area contributed by atoms with E-state index in [0.717, 1.165) is 12.1 Å². The largest absolute Gasteiger partial charge is 0.365 e. The summed E-state index contributed by atoms with van der Waals surface area (Å²) in [4.78, 5) is 0. The third kappa shape index (κ3) is 2.33. The van der Waals surface area contributed by atoms with Crippen LogP contribution >= 0.6 is 0 Å². The highest BCUT2D eigenvalue weighted by Crippen LogP contribution is 2.46. The Labute approximate surface area is 95.4 Å². The first kappa shape index (κ1) is 11.7. The average molecular weight is 242 g/mol. The molecule has 0 saturated carbocycles. The number of rotatable bonds is 3. The van der Waals surface area contributed by atoms with Crippen LogP contribution in [0, 0.1) is 11.6 Å². The molecular formula is C12H16F2OSi. The first-order valence-electron chi connectivity index (χ1n) is 5.42. The van der Waals surface area contributed by atoms with Crippen LogP contribution in [-0.4, -0.2) is 14.7 Å². The van der Waals surface area contributed by atoms with Gasteiger partial charge in [-0.3, -0.25) is 0 Å². The maximum Gasteiger partial charge on any atom is 0.132 e. The minimum Gasteiger partial charge on any atom is -0.365 e. The van der Waals surface area contributed by atoms with Crippen LogP contribution in [0.2, 0.25) is 25.7 Å². The highest BCUT2D eigenvalue weighted by molar-refractivity contribution is 6.76. The Bertz CT molecular complexity index is 408. The van der Waals surface area contributed by atoms with Crippen molar-refractivity contribution in [2.24, 2.45) is 0 Å². The number of halogens is 2. The molecule has 1 aromatic rings. The summed E-state index contributed by atoms with van der Waals surface area (Å²) < 4.78 is 31.9. The van der Waals surface area contributed by atoms with Crippen LogP contribution in [-0.2, 0) is 10.3 Å². The summed E-state index contributed by atoms with van der Waals surface area (Å²) in [6.07, 6.45) is 0. The zero-order valence-electron chi connectivity index (χ0n) is 9.81. The van der Waals surface area contributed by atoms with Gasteiger partial charge >= 0.3 is 0 Å². The van der Waals surface area contributed by atoms with Crippen LogP contribution in [0.15, 0.2) is 18.2 Å². The van der Waals surface area contributed by atoms with Crippen LogP contribution in [0.3, 0.4) is 0 Å². The normalized spacial score (nSPS) is 24.6. The molecule has 0 amide bonds. The Morgan fingerprint density at radius 1 is 1.31 bits per heavy atom. The van der Waals surface area contributed by atoms with Crippen LogP contribution in [0.1, 0.15) is 5.56 Å². The molecule has 0 aromatic heterocycles. The molecule has 1 nitrogen and oxygen atoms in total. The molecular weight excluding hydrogens is 226 g/mol. The van der Waals surface area contributed by atoms with Gasteiger partial charge in [-0.05, 0) is 12.1 Å². The van der Waals surface area contributed by atoms with E-state index in [9.17, 15) is 8.78 Å². The Kier molecular flexibility index (Phi) is 2.67. The van der Waals surface area contributed by atoms with E-state index in [1.807, 2.05) is 0 Å². The van der Waals surface area contributed by atoms with E-state index >= 15 is 0 Å². The van der Waals surface area contributed by atoms with Gasteiger partial charge in [-0.15, -0.1) is 0 Å². The van der Waals surface area contributed by atoms with Gasteiger partial charge in [0, 0.05) is 19.7 Å². The van der Waals surface area contributed by atoms with Gasteiger partial charge in [0.1, 0.15) is 17.2 Å². The zero-order valence-corrected chi connectivity index (χ0v) is 10.8. The fourth-order valence-corrected chi connectivity index (χ4v) is 4.26. The van der Waals surface area contributed by atoms with Crippen molar-refractivity contribution < 1.29 is 13.5 Å². The maximum atomic E-state index is 13.7. The van der Waals surface area contributed by atoms with Crippen LogP contribution in [0.5, 0.6) is 0 Å². The highest BCUT2D eigenvalue weighted by atomic mass is 28.3. The van der Waals surface area contributed by atoms with E-state index in [1.165, 1.54) is 12.1 Å². The molecule has 0 bridgehead atoms. The second kappa shape index (κ2) is 3.63. The van der Waals surface area contributed by atoms with Crippen molar-refractivity contribution in [1.82, 2.24) is 0 Å². The molecule has 0 spiro atoms. The number of hydrogen-bond donors (Lipinski definition) is 0. The summed E-state index contributed by atoms with van der Waals surface area (Å²) in [6, 6.07) is 4.62. The van der Waals surface area contributed by atoms with E-state index in [4.69, 9.17) is 4.74 Å². The molecule has 4 heteroatoms. The Hall–Kier alpha value is -0.743. The summed E-state index contributed by atoms with van der Waals surface area (Å²) in [5.74, 6) is -1.03. The van der Waals surface area contributed by atoms with Gasteiger partial charge in [0.2, 0.25) is 0 Å². The predicted molar refractivity (Wildman–Crippen MR) is 62.1 cm³/mol. The number of benzene rings is 1. The molecule has 1 heterocycles. The molecule has 1 unspecified atom stereocenters.